The molecule has 0 spiro atoms. The van der Waals surface area contributed by atoms with E-state index in [0.717, 1.165) is 0 Å². The van der Waals surface area contributed by atoms with Crippen molar-refractivity contribution in [1.29, 1.82) is 0 Å². The molecule has 0 radical (unpaired) electrons. The van der Waals surface area contributed by atoms with E-state index in [-0.39, 0.29) is 0 Å². The normalized spacial score (nSPS) is 10.8. The third-order valence-electron chi connectivity index (χ3n) is 2.47. The minimum atomic E-state index is 1.17. The molecule has 0 saturated carbocycles. The lowest BCUT2D eigenvalue weighted by molar-refractivity contribution is 0.785. The summed E-state index contributed by atoms with van der Waals surface area (Å²) in [4.78, 5) is 3.35. The average molecular weight is 173 g/mol. The van der Waals surface area contributed by atoms with Gasteiger partial charge in [0, 0.05) is 17.3 Å². The monoisotopic (exact) mass is 173 g/mol. The summed E-state index contributed by atoms with van der Waals surface area (Å²) in [6.45, 7) is 2.23. The lowest BCUT2D eigenvalue weighted by atomic mass is 10.1. The zero-order valence-corrected chi connectivity index (χ0v) is 8.01. The van der Waals surface area contributed by atoms with Gasteiger partial charge in [0.2, 0.25) is 0 Å². The Bertz CT molecular complexity index is 387. The fourth-order valence-corrected chi connectivity index (χ4v) is 1.70. The number of hydrogen-bond donors (Lipinski definition) is 1. The molecule has 1 N–H and O–H groups in total. The van der Waals surface area contributed by atoms with Gasteiger partial charge in [-0.2, -0.15) is 0 Å². The van der Waals surface area contributed by atoms with Crippen molar-refractivity contribution < 1.29 is 0 Å². The van der Waals surface area contributed by atoms with Crippen LogP contribution in [0, 0.1) is 0 Å². The molecule has 0 amide bonds. The highest BCUT2D eigenvalue weighted by molar-refractivity contribution is 5.85. The molecule has 0 saturated heterocycles. The Balaban J connectivity index is 2.35. The highest BCUT2D eigenvalue weighted by Gasteiger charge is 2.00. The Hall–Kier alpha value is -1.24. The fourth-order valence-electron chi connectivity index (χ4n) is 1.70. The molecule has 1 nitrogen and oxygen atoms in total. The zero-order valence-electron chi connectivity index (χ0n) is 8.01. The second kappa shape index (κ2) is 3.65. The van der Waals surface area contributed by atoms with Crippen molar-refractivity contribution in [2.75, 3.05) is 0 Å². The molecule has 68 valence electrons. The number of rotatable bonds is 3. The predicted molar refractivity (Wildman–Crippen MR) is 56.9 cm³/mol. The van der Waals surface area contributed by atoms with E-state index in [2.05, 4.69) is 42.4 Å². The number of unbranched alkanes of at least 4 members (excludes halogenated alkanes) is 1. The van der Waals surface area contributed by atoms with Gasteiger partial charge < -0.3 is 4.98 Å². The first kappa shape index (κ1) is 8.36. The van der Waals surface area contributed by atoms with E-state index < -0.39 is 0 Å². The van der Waals surface area contributed by atoms with Gasteiger partial charge in [0.1, 0.15) is 0 Å². The summed E-state index contributed by atoms with van der Waals surface area (Å²) in [7, 11) is 0. The summed E-state index contributed by atoms with van der Waals surface area (Å²) in [6, 6.07) is 8.53. The maximum atomic E-state index is 3.35. The van der Waals surface area contributed by atoms with Crippen LogP contribution in [0.4, 0.5) is 0 Å². The Labute approximate surface area is 78.8 Å². The first-order valence-corrected chi connectivity index (χ1v) is 4.97. The Morgan fingerprint density at radius 3 is 2.92 bits per heavy atom. The summed E-state index contributed by atoms with van der Waals surface area (Å²) in [6.07, 6.45) is 5.79. The van der Waals surface area contributed by atoms with Crippen LogP contribution in [0.1, 0.15) is 25.5 Å². The largest absolute Gasteiger partial charge is 0.364 e. The molecule has 0 aliphatic heterocycles. The number of fused-ring (bicyclic) bond motifs is 1. The van der Waals surface area contributed by atoms with Crippen molar-refractivity contribution in [3.05, 3.63) is 36.2 Å². The van der Waals surface area contributed by atoms with Crippen LogP contribution in [0.2, 0.25) is 0 Å². The number of aromatic nitrogens is 1. The lowest BCUT2D eigenvalue weighted by Gasteiger charge is -1.96. The summed E-state index contributed by atoms with van der Waals surface area (Å²) in [5.74, 6) is 0. The standard InChI is InChI=1S/C12H15N/c1-2-3-8-12-11-7-5-4-6-10(11)9-13-12/h4-7,9,13H,2-3,8H2,1H3. The van der Waals surface area contributed by atoms with Crippen LogP contribution in [0.3, 0.4) is 0 Å². The minimum absolute atomic E-state index is 1.17. The van der Waals surface area contributed by atoms with E-state index in [1.54, 1.807) is 0 Å². The van der Waals surface area contributed by atoms with Crippen LogP contribution in [-0.2, 0) is 6.42 Å². The van der Waals surface area contributed by atoms with Gasteiger partial charge in [0.15, 0.2) is 0 Å². The van der Waals surface area contributed by atoms with Crippen molar-refractivity contribution in [1.82, 2.24) is 4.98 Å². The summed E-state index contributed by atoms with van der Waals surface area (Å²) in [5, 5.41) is 2.71. The van der Waals surface area contributed by atoms with Crippen molar-refractivity contribution in [3.8, 4) is 0 Å². The number of benzene rings is 1. The van der Waals surface area contributed by atoms with E-state index in [1.165, 1.54) is 35.7 Å². The molecular weight excluding hydrogens is 158 g/mol. The molecule has 0 unspecified atom stereocenters. The summed E-state index contributed by atoms with van der Waals surface area (Å²) < 4.78 is 0. The number of aryl methyl sites for hydroxylation is 1. The van der Waals surface area contributed by atoms with Crippen LogP contribution in [0.25, 0.3) is 10.8 Å². The van der Waals surface area contributed by atoms with Gasteiger partial charge in [-0.15, -0.1) is 0 Å². The van der Waals surface area contributed by atoms with E-state index in [9.17, 15) is 0 Å². The lowest BCUT2D eigenvalue weighted by Crippen LogP contribution is -1.84. The molecular formula is C12H15N. The Kier molecular flexibility index (Phi) is 2.35. The third kappa shape index (κ3) is 1.59. The molecule has 0 atom stereocenters. The number of hydrogen-bond acceptors (Lipinski definition) is 0. The highest BCUT2D eigenvalue weighted by atomic mass is 14.7. The minimum Gasteiger partial charge on any atom is -0.364 e. The fraction of sp³-hybridized carbons (Fsp3) is 0.333. The molecule has 1 heteroatoms. The number of H-pyrrole nitrogens is 1. The molecule has 0 aliphatic rings. The van der Waals surface area contributed by atoms with Gasteiger partial charge in [-0.3, -0.25) is 0 Å². The van der Waals surface area contributed by atoms with Gasteiger partial charge in [0.05, 0.1) is 0 Å². The van der Waals surface area contributed by atoms with Crippen LogP contribution >= 0.6 is 0 Å². The Morgan fingerprint density at radius 2 is 2.08 bits per heavy atom. The molecule has 1 aromatic carbocycles. The van der Waals surface area contributed by atoms with E-state index in [4.69, 9.17) is 0 Å². The average Bonchev–Trinajstić information content (AvgIpc) is 2.58. The van der Waals surface area contributed by atoms with E-state index >= 15 is 0 Å². The highest BCUT2D eigenvalue weighted by Crippen LogP contribution is 2.18. The first-order valence-electron chi connectivity index (χ1n) is 4.97. The first-order chi connectivity index (χ1) is 6.42. The third-order valence-corrected chi connectivity index (χ3v) is 2.47. The molecule has 0 aliphatic carbocycles. The quantitative estimate of drug-likeness (QED) is 0.731. The second-order valence-electron chi connectivity index (χ2n) is 3.46. The van der Waals surface area contributed by atoms with Gasteiger partial charge in [0.25, 0.3) is 0 Å². The Morgan fingerprint density at radius 1 is 1.23 bits per heavy atom. The predicted octanol–water partition coefficient (Wildman–Crippen LogP) is 3.51. The SMILES string of the molecule is CCCCc1[nH]cc2ccccc12. The van der Waals surface area contributed by atoms with Gasteiger partial charge >= 0.3 is 0 Å². The molecule has 2 aromatic rings. The summed E-state index contributed by atoms with van der Waals surface area (Å²) in [5.41, 5.74) is 1.39. The van der Waals surface area contributed by atoms with E-state index in [0.29, 0.717) is 0 Å². The number of nitrogens with one attached hydrogen (secondary N) is 1. The summed E-state index contributed by atoms with van der Waals surface area (Å²) >= 11 is 0. The van der Waals surface area contributed by atoms with Crippen molar-refractivity contribution in [2.24, 2.45) is 0 Å². The topological polar surface area (TPSA) is 15.8 Å². The molecule has 2 rings (SSSR count). The van der Waals surface area contributed by atoms with Crippen LogP contribution in [0.15, 0.2) is 30.5 Å². The molecule has 1 aromatic heterocycles. The maximum Gasteiger partial charge on any atom is 0.0226 e. The van der Waals surface area contributed by atoms with Crippen molar-refractivity contribution in [2.45, 2.75) is 26.2 Å². The van der Waals surface area contributed by atoms with Crippen molar-refractivity contribution in [3.63, 3.8) is 0 Å². The van der Waals surface area contributed by atoms with Gasteiger partial charge in [-0.1, -0.05) is 37.6 Å². The molecule has 0 fully saturated rings. The van der Waals surface area contributed by atoms with Crippen molar-refractivity contribution >= 4 is 10.8 Å². The maximum absolute atomic E-state index is 3.35. The number of aromatic amines is 1. The van der Waals surface area contributed by atoms with E-state index in [1.807, 2.05) is 0 Å². The smallest absolute Gasteiger partial charge is 0.0226 e. The van der Waals surface area contributed by atoms with Crippen LogP contribution < -0.4 is 0 Å². The second-order valence-corrected chi connectivity index (χ2v) is 3.46. The van der Waals surface area contributed by atoms with Crippen LogP contribution in [0.5, 0.6) is 0 Å². The van der Waals surface area contributed by atoms with Crippen LogP contribution in [-0.4, -0.2) is 4.98 Å². The zero-order chi connectivity index (χ0) is 9.10. The molecule has 13 heavy (non-hydrogen) atoms. The van der Waals surface area contributed by atoms with Gasteiger partial charge in [-0.05, 0) is 18.2 Å². The van der Waals surface area contributed by atoms with Gasteiger partial charge in [-0.25, -0.2) is 0 Å². The molecule has 0 bridgehead atoms. The molecule has 1 heterocycles.